The molecule has 146 valence electrons. The molecule has 2 aromatic heterocycles. The van der Waals surface area contributed by atoms with E-state index < -0.39 is 0 Å². The molecule has 0 aliphatic heterocycles. The predicted octanol–water partition coefficient (Wildman–Crippen LogP) is 4.88. The highest BCUT2D eigenvalue weighted by atomic mass is 32.1. The van der Waals surface area contributed by atoms with Crippen molar-refractivity contribution in [3.63, 3.8) is 0 Å². The average molecular weight is 404 g/mol. The van der Waals surface area contributed by atoms with Crippen molar-refractivity contribution in [3.05, 3.63) is 89.4 Å². The first-order chi connectivity index (χ1) is 14.2. The molecule has 4 aromatic rings. The number of thiophene rings is 1. The molecule has 0 N–H and O–H groups in total. The van der Waals surface area contributed by atoms with Gasteiger partial charge in [-0.15, -0.1) is 11.3 Å². The quantitative estimate of drug-likeness (QED) is 0.461. The van der Waals surface area contributed by atoms with Crippen LogP contribution in [0.3, 0.4) is 0 Å². The van der Waals surface area contributed by atoms with E-state index in [2.05, 4.69) is 6.07 Å². The lowest BCUT2D eigenvalue weighted by Crippen LogP contribution is -2.26. The molecule has 0 unspecified atom stereocenters. The van der Waals surface area contributed by atoms with Crippen molar-refractivity contribution in [2.24, 2.45) is 0 Å². The molecule has 5 nitrogen and oxygen atoms in total. The van der Waals surface area contributed by atoms with E-state index in [1.807, 2.05) is 59.7 Å². The Morgan fingerprint density at radius 2 is 1.83 bits per heavy atom. The number of hydrogen-bond donors (Lipinski definition) is 0. The summed E-state index contributed by atoms with van der Waals surface area (Å²) < 4.78 is 7.04. The van der Waals surface area contributed by atoms with Crippen LogP contribution in [-0.4, -0.2) is 34.7 Å². The van der Waals surface area contributed by atoms with Crippen LogP contribution in [0.15, 0.2) is 78.3 Å². The number of amides is 1. The fourth-order valence-electron chi connectivity index (χ4n) is 3.14. The standard InChI is InChI=1S/C23H21N3O2S/c1-25(23(27)17-10-12-20(28-2)13-11-17)15-18-16-26(19-7-4-3-5-8-19)24-22(18)21-9-6-14-29-21/h3-14,16H,15H2,1-2H3. The summed E-state index contributed by atoms with van der Waals surface area (Å²) in [5.74, 6) is 0.686. The molecule has 1 amide bonds. The molecule has 2 aromatic carbocycles. The van der Waals surface area contributed by atoms with Crippen LogP contribution in [0.5, 0.6) is 5.75 Å². The molecular weight excluding hydrogens is 382 g/mol. The van der Waals surface area contributed by atoms with Gasteiger partial charge in [0, 0.05) is 30.9 Å². The number of carbonyl (C=O) groups excluding carboxylic acids is 1. The molecule has 4 rings (SSSR count). The molecule has 0 aliphatic rings. The smallest absolute Gasteiger partial charge is 0.253 e. The van der Waals surface area contributed by atoms with Crippen LogP contribution < -0.4 is 4.74 Å². The highest BCUT2D eigenvalue weighted by Crippen LogP contribution is 2.28. The van der Waals surface area contributed by atoms with E-state index in [9.17, 15) is 4.79 Å². The van der Waals surface area contributed by atoms with E-state index in [0.29, 0.717) is 12.1 Å². The van der Waals surface area contributed by atoms with Crippen LogP contribution in [0, 0.1) is 0 Å². The number of carbonyl (C=O) groups is 1. The number of para-hydroxylation sites is 1. The van der Waals surface area contributed by atoms with Crippen LogP contribution >= 0.6 is 11.3 Å². The number of hydrogen-bond acceptors (Lipinski definition) is 4. The van der Waals surface area contributed by atoms with Crippen LogP contribution in [0.4, 0.5) is 0 Å². The van der Waals surface area contributed by atoms with E-state index >= 15 is 0 Å². The van der Waals surface area contributed by atoms with E-state index in [1.165, 1.54) is 0 Å². The molecule has 0 bridgehead atoms. The SMILES string of the molecule is COc1ccc(C(=O)N(C)Cc2cn(-c3ccccc3)nc2-c2cccs2)cc1. The normalized spacial score (nSPS) is 10.7. The van der Waals surface area contributed by atoms with Gasteiger partial charge in [-0.1, -0.05) is 24.3 Å². The number of aromatic nitrogens is 2. The molecular formula is C23H21N3O2S. The van der Waals surface area contributed by atoms with E-state index in [-0.39, 0.29) is 5.91 Å². The Morgan fingerprint density at radius 1 is 1.07 bits per heavy atom. The first-order valence-electron chi connectivity index (χ1n) is 9.23. The van der Waals surface area contributed by atoms with E-state index in [0.717, 1.165) is 27.6 Å². The first-order valence-corrected chi connectivity index (χ1v) is 10.1. The van der Waals surface area contributed by atoms with Crippen LogP contribution in [0.2, 0.25) is 0 Å². The molecule has 2 heterocycles. The third-order valence-corrected chi connectivity index (χ3v) is 5.53. The van der Waals surface area contributed by atoms with Crippen molar-refractivity contribution < 1.29 is 9.53 Å². The molecule has 0 saturated heterocycles. The average Bonchev–Trinajstić information content (AvgIpc) is 3.44. The number of methoxy groups -OCH3 is 1. The molecule has 29 heavy (non-hydrogen) atoms. The lowest BCUT2D eigenvalue weighted by Gasteiger charge is -2.17. The van der Waals surface area contributed by atoms with Gasteiger partial charge in [-0.25, -0.2) is 4.68 Å². The number of nitrogens with zero attached hydrogens (tertiary/aromatic N) is 3. The van der Waals surface area contributed by atoms with Gasteiger partial charge in [0.1, 0.15) is 11.4 Å². The van der Waals surface area contributed by atoms with Gasteiger partial charge in [0.15, 0.2) is 0 Å². The summed E-state index contributed by atoms with van der Waals surface area (Å²) in [4.78, 5) is 15.7. The highest BCUT2D eigenvalue weighted by Gasteiger charge is 2.18. The topological polar surface area (TPSA) is 47.4 Å². The first kappa shape index (κ1) is 19.0. The second kappa shape index (κ2) is 8.32. The summed E-state index contributed by atoms with van der Waals surface area (Å²) in [6.07, 6.45) is 2.00. The van der Waals surface area contributed by atoms with Gasteiger partial charge < -0.3 is 9.64 Å². The fourth-order valence-corrected chi connectivity index (χ4v) is 3.88. The predicted molar refractivity (Wildman–Crippen MR) is 116 cm³/mol. The van der Waals surface area contributed by atoms with Crippen LogP contribution in [0.1, 0.15) is 15.9 Å². The largest absolute Gasteiger partial charge is 0.497 e. The lowest BCUT2D eigenvalue weighted by atomic mass is 10.1. The zero-order valence-electron chi connectivity index (χ0n) is 16.3. The monoisotopic (exact) mass is 403 g/mol. The van der Waals surface area contributed by atoms with Gasteiger partial charge in [0.25, 0.3) is 5.91 Å². The second-order valence-electron chi connectivity index (χ2n) is 6.65. The Morgan fingerprint density at radius 3 is 2.48 bits per heavy atom. The third kappa shape index (κ3) is 4.07. The summed E-state index contributed by atoms with van der Waals surface area (Å²) >= 11 is 1.64. The zero-order chi connectivity index (χ0) is 20.2. The Hall–Kier alpha value is -3.38. The second-order valence-corrected chi connectivity index (χ2v) is 7.60. The number of rotatable bonds is 6. The van der Waals surface area contributed by atoms with Gasteiger partial charge in [0.05, 0.1) is 17.7 Å². The number of benzene rings is 2. The highest BCUT2D eigenvalue weighted by molar-refractivity contribution is 7.13. The van der Waals surface area contributed by atoms with Gasteiger partial charge in [0.2, 0.25) is 0 Å². The third-order valence-electron chi connectivity index (χ3n) is 4.66. The minimum atomic E-state index is -0.0442. The Balaban J connectivity index is 1.63. The van der Waals surface area contributed by atoms with Gasteiger partial charge in [-0.05, 0) is 47.8 Å². The van der Waals surface area contributed by atoms with Crippen molar-refractivity contribution in [1.29, 1.82) is 0 Å². The molecule has 0 fully saturated rings. The fraction of sp³-hybridized carbons (Fsp3) is 0.130. The van der Waals surface area contributed by atoms with Crippen molar-refractivity contribution in [3.8, 4) is 22.0 Å². The molecule has 0 saturated carbocycles. The summed E-state index contributed by atoms with van der Waals surface area (Å²) in [5.41, 5.74) is 3.51. The Bertz CT molecular complexity index is 1090. The molecule has 0 radical (unpaired) electrons. The van der Waals surface area contributed by atoms with Crippen LogP contribution in [0.25, 0.3) is 16.3 Å². The van der Waals surface area contributed by atoms with Crippen LogP contribution in [-0.2, 0) is 6.54 Å². The van der Waals surface area contributed by atoms with Crippen molar-refractivity contribution in [2.45, 2.75) is 6.54 Å². The summed E-state index contributed by atoms with van der Waals surface area (Å²) in [7, 11) is 3.42. The molecule has 6 heteroatoms. The molecule has 0 atom stereocenters. The summed E-state index contributed by atoms with van der Waals surface area (Å²) in [5, 5.41) is 6.84. The minimum Gasteiger partial charge on any atom is -0.497 e. The van der Waals surface area contributed by atoms with Crippen molar-refractivity contribution in [2.75, 3.05) is 14.2 Å². The Labute approximate surface area is 173 Å². The molecule has 0 spiro atoms. The van der Waals surface area contributed by atoms with Gasteiger partial charge >= 0.3 is 0 Å². The summed E-state index contributed by atoms with van der Waals surface area (Å²) in [6.45, 7) is 0.463. The number of ether oxygens (including phenoxy) is 1. The Kier molecular flexibility index (Phi) is 5.44. The maximum Gasteiger partial charge on any atom is 0.253 e. The van der Waals surface area contributed by atoms with Crippen molar-refractivity contribution >= 4 is 17.2 Å². The van der Waals surface area contributed by atoms with E-state index in [1.54, 1.807) is 47.6 Å². The summed E-state index contributed by atoms with van der Waals surface area (Å²) in [6, 6.07) is 21.2. The lowest BCUT2D eigenvalue weighted by molar-refractivity contribution is 0.0785. The zero-order valence-corrected chi connectivity index (χ0v) is 17.1. The maximum absolute atomic E-state index is 12.9. The van der Waals surface area contributed by atoms with Crippen molar-refractivity contribution in [1.82, 2.24) is 14.7 Å². The van der Waals surface area contributed by atoms with Gasteiger partial charge in [-0.2, -0.15) is 5.10 Å². The van der Waals surface area contributed by atoms with Gasteiger partial charge in [-0.3, -0.25) is 4.79 Å². The molecule has 0 aliphatic carbocycles. The minimum absolute atomic E-state index is 0.0442. The maximum atomic E-state index is 12.9. The van der Waals surface area contributed by atoms with E-state index in [4.69, 9.17) is 9.84 Å².